The highest BCUT2D eigenvalue weighted by atomic mass is 32.2. The van der Waals surface area contributed by atoms with Crippen molar-refractivity contribution in [2.75, 3.05) is 24.2 Å². The fourth-order valence-corrected chi connectivity index (χ4v) is 4.95. The van der Waals surface area contributed by atoms with Crippen molar-refractivity contribution in [1.82, 2.24) is 24.6 Å². The molecule has 1 aliphatic heterocycles. The number of benzene rings is 2. The van der Waals surface area contributed by atoms with Crippen LogP contribution in [0.15, 0.2) is 72.0 Å². The molecule has 3 heterocycles. The average molecular weight is 459 g/mol. The first kappa shape index (κ1) is 21.6. The molecular weight excluding hydrogens is 432 g/mol. The molecule has 5 rings (SSSR count). The second-order valence-corrected chi connectivity index (χ2v) is 9.06. The molecule has 1 amide bonds. The summed E-state index contributed by atoms with van der Waals surface area (Å²) in [5.41, 5.74) is 2.63. The molecule has 2 aromatic heterocycles. The Bertz CT molecular complexity index is 1230. The lowest BCUT2D eigenvalue weighted by molar-refractivity contribution is -0.113. The number of likely N-dealkylation sites (tertiary alicyclic amines) is 1. The molecule has 33 heavy (non-hydrogen) atoms. The summed E-state index contributed by atoms with van der Waals surface area (Å²) in [4.78, 5) is 19.6. The molecule has 7 nitrogen and oxygen atoms in total. The predicted molar refractivity (Wildman–Crippen MR) is 132 cm³/mol. The molecule has 0 aliphatic carbocycles. The average Bonchev–Trinajstić information content (AvgIpc) is 3.26. The third-order valence-corrected chi connectivity index (χ3v) is 6.71. The number of amides is 1. The van der Waals surface area contributed by atoms with Gasteiger partial charge < -0.3 is 5.32 Å². The molecule has 0 radical (unpaired) electrons. The Labute approximate surface area is 197 Å². The lowest BCUT2D eigenvalue weighted by atomic mass is 10.1. The van der Waals surface area contributed by atoms with Gasteiger partial charge in [-0.1, -0.05) is 42.4 Å². The standard InChI is InChI=1S/C25H26N6OS/c32-24(27-22-13-7-12-21-20(22)11-8-14-26-21)18-33-25-29-28-23(17-30-15-5-2-6-16-30)31(25)19-9-3-1-4-10-19/h1,3-4,7-14H,2,5-6,15-18H2,(H,27,32). The summed E-state index contributed by atoms with van der Waals surface area (Å²) in [7, 11) is 0. The molecule has 1 aliphatic rings. The first-order valence-corrected chi connectivity index (χ1v) is 12.2. The maximum atomic E-state index is 12.8. The molecule has 0 saturated carbocycles. The number of hydrogen-bond acceptors (Lipinski definition) is 6. The van der Waals surface area contributed by atoms with Crippen LogP contribution in [0.5, 0.6) is 0 Å². The van der Waals surface area contributed by atoms with Crippen LogP contribution in [0.1, 0.15) is 25.1 Å². The normalized spacial score (nSPS) is 14.4. The molecule has 0 bridgehead atoms. The zero-order valence-electron chi connectivity index (χ0n) is 18.4. The number of nitrogens with zero attached hydrogens (tertiary/aromatic N) is 5. The van der Waals surface area contributed by atoms with E-state index in [0.29, 0.717) is 0 Å². The lowest BCUT2D eigenvalue weighted by Gasteiger charge is -2.26. The number of nitrogens with one attached hydrogen (secondary N) is 1. The van der Waals surface area contributed by atoms with E-state index in [2.05, 4.69) is 42.1 Å². The summed E-state index contributed by atoms with van der Waals surface area (Å²) < 4.78 is 2.08. The summed E-state index contributed by atoms with van der Waals surface area (Å²) >= 11 is 1.40. The number of thioether (sulfide) groups is 1. The Morgan fingerprint density at radius 3 is 2.64 bits per heavy atom. The van der Waals surface area contributed by atoms with Crippen molar-refractivity contribution in [1.29, 1.82) is 0 Å². The van der Waals surface area contributed by atoms with E-state index in [0.717, 1.165) is 52.9 Å². The van der Waals surface area contributed by atoms with Gasteiger partial charge in [0, 0.05) is 17.3 Å². The highest BCUT2D eigenvalue weighted by Crippen LogP contribution is 2.25. The number of para-hydroxylation sites is 1. The third kappa shape index (κ3) is 5.07. The topological polar surface area (TPSA) is 75.9 Å². The van der Waals surface area contributed by atoms with Crippen LogP contribution in [-0.2, 0) is 11.3 Å². The zero-order chi connectivity index (χ0) is 22.5. The van der Waals surface area contributed by atoms with Gasteiger partial charge in [0.05, 0.1) is 23.5 Å². The molecule has 168 valence electrons. The highest BCUT2D eigenvalue weighted by Gasteiger charge is 2.19. The van der Waals surface area contributed by atoms with Crippen molar-refractivity contribution in [2.24, 2.45) is 0 Å². The summed E-state index contributed by atoms with van der Waals surface area (Å²) in [6.07, 6.45) is 5.50. The van der Waals surface area contributed by atoms with Crippen LogP contribution in [0, 0.1) is 0 Å². The van der Waals surface area contributed by atoms with Crippen molar-refractivity contribution in [2.45, 2.75) is 31.0 Å². The van der Waals surface area contributed by atoms with Crippen LogP contribution in [0.3, 0.4) is 0 Å². The summed E-state index contributed by atoms with van der Waals surface area (Å²) in [5, 5.41) is 13.6. The van der Waals surface area contributed by atoms with E-state index in [1.165, 1.54) is 31.0 Å². The van der Waals surface area contributed by atoms with E-state index < -0.39 is 0 Å². The van der Waals surface area contributed by atoms with Gasteiger partial charge in [-0.3, -0.25) is 19.2 Å². The Kier molecular flexibility index (Phi) is 6.64. The van der Waals surface area contributed by atoms with Gasteiger partial charge in [0.2, 0.25) is 5.91 Å². The second-order valence-electron chi connectivity index (χ2n) is 8.12. The SMILES string of the molecule is O=C(CSc1nnc(CN2CCCCC2)n1-c1ccccc1)Nc1cccc2ncccc12. The van der Waals surface area contributed by atoms with Gasteiger partial charge in [-0.25, -0.2) is 0 Å². The van der Waals surface area contributed by atoms with Crippen LogP contribution < -0.4 is 5.32 Å². The maximum absolute atomic E-state index is 12.8. The van der Waals surface area contributed by atoms with Crippen LogP contribution in [0.2, 0.25) is 0 Å². The molecular formula is C25H26N6OS. The zero-order valence-corrected chi connectivity index (χ0v) is 19.2. The van der Waals surface area contributed by atoms with Crippen LogP contribution in [0.4, 0.5) is 5.69 Å². The van der Waals surface area contributed by atoms with E-state index in [4.69, 9.17) is 0 Å². The Hall–Kier alpha value is -3.23. The number of anilines is 1. The third-order valence-electron chi connectivity index (χ3n) is 5.78. The van der Waals surface area contributed by atoms with Gasteiger partial charge in [-0.05, 0) is 62.3 Å². The minimum Gasteiger partial charge on any atom is -0.325 e. The Morgan fingerprint density at radius 1 is 0.939 bits per heavy atom. The first-order chi connectivity index (χ1) is 16.3. The number of rotatable bonds is 7. The number of carbonyl (C=O) groups is 1. The van der Waals surface area contributed by atoms with Crippen molar-refractivity contribution in [3.63, 3.8) is 0 Å². The number of piperidine rings is 1. The first-order valence-electron chi connectivity index (χ1n) is 11.3. The van der Waals surface area contributed by atoms with Crippen LogP contribution in [-0.4, -0.2) is 49.4 Å². The van der Waals surface area contributed by atoms with Gasteiger partial charge in [0.25, 0.3) is 0 Å². The number of carbonyl (C=O) groups excluding carboxylic acids is 1. The van der Waals surface area contributed by atoms with Crippen LogP contribution >= 0.6 is 11.8 Å². The number of fused-ring (bicyclic) bond motifs is 1. The van der Waals surface area contributed by atoms with E-state index in [-0.39, 0.29) is 11.7 Å². The smallest absolute Gasteiger partial charge is 0.234 e. The number of aromatic nitrogens is 4. The number of hydrogen-bond donors (Lipinski definition) is 1. The van der Waals surface area contributed by atoms with E-state index >= 15 is 0 Å². The van der Waals surface area contributed by atoms with Gasteiger partial charge >= 0.3 is 0 Å². The minimum atomic E-state index is -0.0865. The molecule has 0 unspecified atom stereocenters. The van der Waals surface area contributed by atoms with Crippen molar-refractivity contribution >= 4 is 34.3 Å². The fourth-order valence-electron chi connectivity index (χ4n) is 4.18. The Balaban J connectivity index is 1.33. The fraction of sp³-hybridized carbons (Fsp3) is 0.280. The number of pyridine rings is 1. The second kappa shape index (κ2) is 10.1. The van der Waals surface area contributed by atoms with Crippen molar-refractivity contribution < 1.29 is 4.79 Å². The summed E-state index contributed by atoms with van der Waals surface area (Å²) in [6.45, 7) is 2.94. The lowest BCUT2D eigenvalue weighted by Crippen LogP contribution is -2.30. The van der Waals surface area contributed by atoms with Crippen molar-refractivity contribution in [3.8, 4) is 5.69 Å². The molecule has 1 N–H and O–H groups in total. The molecule has 2 aromatic carbocycles. The van der Waals surface area contributed by atoms with E-state index in [1.807, 2.05) is 48.5 Å². The molecule has 0 atom stereocenters. The predicted octanol–water partition coefficient (Wildman–Crippen LogP) is 4.53. The molecule has 0 spiro atoms. The molecule has 4 aromatic rings. The largest absolute Gasteiger partial charge is 0.325 e. The highest BCUT2D eigenvalue weighted by molar-refractivity contribution is 7.99. The minimum absolute atomic E-state index is 0.0865. The van der Waals surface area contributed by atoms with Gasteiger partial charge in [-0.15, -0.1) is 10.2 Å². The molecule has 1 saturated heterocycles. The van der Waals surface area contributed by atoms with E-state index in [1.54, 1.807) is 6.20 Å². The van der Waals surface area contributed by atoms with Gasteiger partial charge in [0.15, 0.2) is 11.0 Å². The summed E-state index contributed by atoms with van der Waals surface area (Å²) in [6, 6.07) is 19.7. The van der Waals surface area contributed by atoms with Crippen LogP contribution in [0.25, 0.3) is 16.6 Å². The summed E-state index contributed by atoms with van der Waals surface area (Å²) in [5.74, 6) is 1.06. The van der Waals surface area contributed by atoms with Gasteiger partial charge in [0.1, 0.15) is 0 Å². The maximum Gasteiger partial charge on any atom is 0.234 e. The monoisotopic (exact) mass is 458 g/mol. The quantitative estimate of drug-likeness (QED) is 0.410. The van der Waals surface area contributed by atoms with Crippen molar-refractivity contribution in [3.05, 3.63) is 72.7 Å². The Morgan fingerprint density at radius 2 is 1.79 bits per heavy atom. The molecule has 1 fully saturated rings. The molecule has 8 heteroatoms. The van der Waals surface area contributed by atoms with Gasteiger partial charge in [-0.2, -0.15) is 0 Å². The van der Waals surface area contributed by atoms with E-state index in [9.17, 15) is 4.79 Å².